The molecule has 0 bridgehead atoms. The van der Waals surface area contributed by atoms with Gasteiger partial charge in [0.25, 0.3) is 0 Å². The largest absolute Gasteiger partial charge is 0.497 e. The summed E-state index contributed by atoms with van der Waals surface area (Å²) in [6, 6.07) is 25.5. The Hall–Kier alpha value is -3.02. The molecule has 2 N–H and O–H groups in total. The van der Waals surface area contributed by atoms with Crippen LogP contribution in [-0.4, -0.2) is 21.4 Å². The zero-order chi connectivity index (χ0) is 19.5. The fraction of sp³-hybridized carbons (Fsp3) is 0.174. The molecule has 0 aliphatic heterocycles. The van der Waals surface area contributed by atoms with E-state index in [1.54, 1.807) is 7.11 Å². The van der Waals surface area contributed by atoms with Gasteiger partial charge in [0.1, 0.15) is 5.75 Å². The summed E-state index contributed by atoms with van der Waals surface area (Å²) < 4.78 is 9.03. The Morgan fingerprint density at radius 3 is 2.07 bits per heavy atom. The Balaban J connectivity index is 0.00000240. The zero-order valence-electron chi connectivity index (χ0n) is 16.2. The lowest BCUT2D eigenvalue weighted by atomic mass is 10.1. The van der Waals surface area contributed by atoms with Crippen LogP contribution in [0.4, 0.5) is 0 Å². The zero-order valence-corrected chi connectivity index (χ0v) is 17.0. The van der Waals surface area contributed by atoms with Crippen LogP contribution in [0, 0.1) is 5.41 Å². The van der Waals surface area contributed by atoms with Crippen LogP contribution in [0.25, 0.3) is 11.0 Å². The maximum Gasteiger partial charge on any atom is 0.203 e. The minimum Gasteiger partial charge on any atom is -0.497 e. The number of nitrogens with one attached hydrogen (secondary N) is 1. The molecule has 0 fully saturated rings. The summed E-state index contributed by atoms with van der Waals surface area (Å²) in [7, 11) is 1.62. The SMILES string of the molecule is COc1ccc(C(O)Cn2c(=N)n(Cc3ccccc3)c3ccccc32)cc1.Cl. The number of fused-ring (bicyclic) bond motifs is 1. The van der Waals surface area contributed by atoms with Crippen molar-refractivity contribution in [2.45, 2.75) is 19.2 Å². The number of aromatic nitrogens is 2. The van der Waals surface area contributed by atoms with Crippen LogP contribution in [0.3, 0.4) is 0 Å². The number of hydrogen-bond donors (Lipinski definition) is 2. The van der Waals surface area contributed by atoms with Gasteiger partial charge in [-0.05, 0) is 35.4 Å². The van der Waals surface area contributed by atoms with E-state index in [2.05, 4.69) is 12.1 Å². The summed E-state index contributed by atoms with van der Waals surface area (Å²) in [6.07, 6.45) is -0.712. The smallest absolute Gasteiger partial charge is 0.203 e. The lowest BCUT2D eigenvalue weighted by Crippen LogP contribution is -2.27. The highest BCUT2D eigenvalue weighted by Crippen LogP contribution is 2.21. The van der Waals surface area contributed by atoms with Gasteiger partial charge in [0.05, 0.1) is 37.3 Å². The Morgan fingerprint density at radius 2 is 1.45 bits per heavy atom. The van der Waals surface area contributed by atoms with E-state index in [0.717, 1.165) is 27.9 Å². The summed E-state index contributed by atoms with van der Waals surface area (Å²) in [5, 5.41) is 19.5. The summed E-state index contributed by atoms with van der Waals surface area (Å²) in [4.78, 5) is 0. The molecule has 5 nitrogen and oxygen atoms in total. The highest BCUT2D eigenvalue weighted by molar-refractivity contribution is 5.85. The van der Waals surface area contributed by atoms with Gasteiger partial charge >= 0.3 is 0 Å². The second kappa shape index (κ2) is 8.99. The van der Waals surface area contributed by atoms with E-state index in [0.29, 0.717) is 18.7 Å². The Kier molecular flexibility index (Phi) is 6.42. The van der Waals surface area contributed by atoms with E-state index in [9.17, 15) is 5.11 Å². The lowest BCUT2D eigenvalue weighted by molar-refractivity contribution is 0.155. The summed E-state index contributed by atoms with van der Waals surface area (Å²) >= 11 is 0. The predicted octanol–water partition coefficient (Wildman–Crippen LogP) is 4.13. The number of para-hydroxylation sites is 2. The molecule has 4 aromatic rings. The predicted molar refractivity (Wildman–Crippen MR) is 117 cm³/mol. The molecule has 3 aromatic carbocycles. The number of hydrogen-bond acceptors (Lipinski definition) is 3. The van der Waals surface area contributed by atoms with Crippen LogP contribution in [-0.2, 0) is 13.1 Å². The van der Waals surface area contributed by atoms with Gasteiger partial charge in [-0.2, -0.15) is 0 Å². The number of benzene rings is 3. The van der Waals surface area contributed by atoms with Crippen LogP contribution < -0.4 is 10.4 Å². The van der Waals surface area contributed by atoms with Crippen molar-refractivity contribution >= 4 is 23.4 Å². The Morgan fingerprint density at radius 1 is 0.862 bits per heavy atom. The average Bonchev–Trinajstić information content (AvgIpc) is 3.00. The minimum absolute atomic E-state index is 0. The van der Waals surface area contributed by atoms with Crippen molar-refractivity contribution < 1.29 is 9.84 Å². The molecule has 0 saturated carbocycles. The average molecular weight is 410 g/mol. The molecule has 6 heteroatoms. The van der Waals surface area contributed by atoms with Crippen molar-refractivity contribution in [1.82, 2.24) is 9.13 Å². The molecule has 1 unspecified atom stereocenters. The third-order valence-corrected chi connectivity index (χ3v) is 5.01. The normalized spacial score (nSPS) is 11.8. The second-order valence-electron chi connectivity index (χ2n) is 6.78. The maximum atomic E-state index is 10.8. The fourth-order valence-corrected chi connectivity index (χ4v) is 3.51. The van der Waals surface area contributed by atoms with E-state index in [1.165, 1.54) is 0 Å². The molecular formula is C23H24ClN3O2. The van der Waals surface area contributed by atoms with Crippen LogP contribution in [0.2, 0.25) is 0 Å². The first-order chi connectivity index (χ1) is 13.7. The van der Waals surface area contributed by atoms with Gasteiger partial charge in [-0.1, -0.05) is 54.6 Å². The molecule has 1 heterocycles. The van der Waals surface area contributed by atoms with E-state index in [1.807, 2.05) is 75.9 Å². The van der Waals surface area contributed by atoms with Crippen molar-refractivity contribution in [3.8, 4) is 5.75 Å². The van der Waals surface area contributed by atoms with E-state index in [-0.39, 0.29) is 12.4 Å². The number of nitrogens with zero attached hydrogens (tertiary/aromatic N) is 2. The molecule has 0 spiro atoms. The Labute approximate surface area is 175 Å². The first kappa shape index (κ1) is 20.7. The number of methoxy groups -OCH3 is 1. The monoisotopic (exact) mass is 409 g/mol. The summed E-state index contributed by atoms with van der Waals surface area (Å²) in [6.45, 7) is 0.930. The number of ether oxygens (including phenoxy) is 1. The third-order valence-electron chi connectivity index (χ3n) is 5.01. The van der Waals surface area contributed by atoms with Crippen molar-refractivity contribution in [2.75, 3.05) is 7.11 Å². The van der Waals surface area contributed by atoms with Gasteiger partial charge in [0, 0.05) is 0 Å². The molecule has 4 rings (SSSR count). The van der Waals surface area contributed by atoms with Crippen LogP contribution in [0.5, 0.6) is 5.75 Å². The fourth-order valence-electron chi connectivity index (χ4n) is 3.51. The standard InChI is InChI=1S/C23H23N3O2.ClH/c1-28-19-13-11-18(12-14-19)22(27)16-26-21-10-6-5-9-20(21)25(23(26)24)15-17-7-3-2-4-8-17;/h2-14,22,24,27H,15-16H2,1H3;1H. The molecular weight excluding hydrogens is 386 g/mol. The second-order valence-corrected chi connectivity index (χ2v) is 6.78. The van der Waals surface area contributed by atoms with Gasteiger partial charge in [0.15, 0.2) is 0 Å². The number of rotatable bonds is 6. The lowest BCUT2D eigenvalue weighted by Gasteiger charge is -2.13. The number of halogens is 1. The molecule has 1 aromatic heterocycles. The number of aliphatic hydroxyl groups excluding tert-OH is 1. The van der Waals surface area contributed by atoms with Gasteiger partial charge in [0.2, 0.25) is 5.62 Å². The van der Waals surface area contributed by atoms with Crippen LogP contribution >= 0.6 is 12.4 Å². The quantitative estimate of drug-likeness (QED) is 0.502. The molecule has 1 atom stereocenters. The van der Waals surface area contributed by atoms with Crippen molar-refractivity contribution in [3.63, 3.8) is 0 Å². The molecule has 0 amide bonds. The van der Waals surface area contributed by atoms with Crippen molar-refractivity contribution in [1.29, 1.82) is 5.41 Å². The Bertz CT molecular complexity index is 1130. The number of imidazole rings is 1. The van der Waals surface area contributed by atoms with Gasteiger partial charge in [-0.25, -0.2) is 0 Å². The minimum atomic E-state index is -0.712. The first-order valence-electron chi connectivity index (χ1n) is 9.26. The van der Waals surface area contributed by atoms with E-state index in [4.69, 9.17) is 10.1 Å². The molecule has 0 saturated heterocycles. The topological polar surface area (TPSA) is 63.2 Å². The van der Waals surface area contributed by atoms with E-state index >= 15 is 0 Å². The highest BCUT2D eigenvalue weighted by atomic mass is 35.5. The molecule has 0 aliphatic rings. The van der Waals surface area contributed by atoms with E-state index < -0.39 is 6.10 Å². The van der Waals surface area contributed by atoms with Crippen molar-refractivity contribution in [2.24, 2.45) is 0 Å². The molecule has 150 valence electrons. The summed E-state index contributed by atoms with van der Waals surface area (Å²) in [5.41, 5.74) is 4.24. The number of aliphatic hydroxyl groups is 1. The molecule has 0 aliphatic carbocycles. The third kappa shape index (κ3) is 4.21. The van der Waals surface area contributed by atoms with Crippen molar-refractivity contribution in [3.05, 3.63) is 95.6 Å². The molecule has 0 radical (unpaired) electrons. The van der Waals surface area contributed by atoms with Crippen LogP contribution in [0.1, 0.15) is 17.2 Å². The van der Waals surface area contributed by atoms with Gasteiger partial charge in [-0.15, -0.1) is 12.4 Å². The summed E-state index contributed by atoms with van der Waals surface area (Å²) in [5.74, 6) is 0.754. The van der Waals surface area contributed by atoms with Crippen LogP contribution in [0.15, 0.2) is 78.9 Å². The van der Waals surface area contributed by atoms with Gasteiger partial charge in [-0.3, -0.25) is 5.41 Å². The van der Waals surface area contributed by atoms with Gasteiger partial charge < -0.3 is 19.0 Å². The highest BCUT2D eigenvalue weighted by Gasteiger charge is 2.15. The molecule has 29 heavy (non-hydrogen) atoms. The maximum absolute atomic E-state index is 10.8. The first-order valence-corrected chi connectivity index (χ1v) is 9.26.